The summed E-state index contributed by atoms with van der Waals surface area (Å²) in [6, 6.07) is 4.30. The van der Waals surface area contributed by atoms with Gasteiger partial charge in [-0.25, -0.2) is 0 Å². The van der Waals surface area contributed by atoms with E-state index in [4.69, 9.17) is 0 Å². The third-order valence-electron chi connectivity index (χ3n) is 3.79. The molecule has 0 unspecified atom stereocenters. The zero-order valence-electron chi connectivity index (χ0n) is 10.1. The molecule has 0 aliphatic heterocycles. The van der Waals surface area contributed by atoms with Crippen LogP contribution in [0.1, 0.15) is 35.1 Å². The highest BCUT2D eigenvalue weighted by atomic mass is 16.4. The van der Waals surface area contributed by atoms with E-state index in [1.165, 1.54) is 22.3 Å². The van der Waals surface area contributed by atoms with Gasteiger partial charge < -0.3 is 5.11 Å². The lowest BCUT2D eigenvalue weighted by Crippen LogP contribution is -2.18. The summed E-state index contributed by atoms with van der Waals surface area (Å²) in [6.07, 6.45) is 2.35. The van der Waals surface area contributed by atoms with Gasteiger partial charge in [-0.05, 0) is 62.3 Å². The van der Waals surface area contributed by atoms with Gasteiger partial charge in [-0.3, -0.25) is 4.79 Å². The van der Waals surface area contributed by atoms with Crippen molar-refractivity contribution in [3.8, 4) is 0 Å². The van der Waals surface area contributed by atoms with Crippen LogP contribution in [0, 0.1) is 26.2 Å². The SMILES string of the molecule is Cc1cc(C)c(CC2(C(=O)O)CC2)cc1C. The van der Waals surface area contributed by atoms with Crippen LogP contribution in [-0.2, 0) is 11.2 Å². The lowest BCUT2D eigenvalue weighted by Gasteiger charge is -2.14. The third kappa shape index (κ3) is 1.84. The van der Waals surface area contributed by atoms with Crippen LogP contribution < -0.4 is 0 Å². The van der Waals surface area contributed by atoms with Crippen molar-refractivity contribution in [2.24, 2.45) is 5.41 Å². The first-order chi connectivity index (χ1) is 7.44. The van der Waals surface area contributed by atoms with Gasteiger partial charge >= 0.3 is 5.97 Å². The van der Waals surface area contributed by atoms with E-state index in [0.717, 1.165) is 12.8 Å². The van der Waals surface area contributed by atoms with Crippen LogP contribution in [0.5, 0.6) is 0 Å². The Kier molecular flexibility index (Phi) is 2.53. The van der Waals surface area contributed by atoms with Crippen molar-refractivity contribution >= 4 is 5.97 Å². The van der Waals surface area contributed by atoms with Crippen LogP contribution >= 0.6 is 0 Å². The van der Waals surface area contributed by atoms with E-state index in [1.54, 1.807) is 0 Å². The second kappa shape index (κ2) is 3.62. The lowest BCUT2D eigenvalue weighted by atomic mass is 9.91. The smallest absolute Gasteiger partial charge is 0.309 e. The maximum atomic E-state index is 11.2. The predicted molar refractivity (Wildman–Crippen MR) is 63.7 cm³/mol. The molecular formula is C14H18O2. The van der Waals surface area contributed by atoms with Crippen molar-refractivity contribution in [3.05, 3.63) is 34.4 Å². The number of carboxylic acid groups (broad SMARTS) is 1. The highest BCUT2D eigenvalue weighted by Gasteiger charge is 2.50. The third-order valence-corrected chi connectivity index (χ3v) is 3.79. The first-order valence-electron chi connectivity index (χ1n) is 5.75. The molecule has 1 fully saturated rings. The summed E-state index contributed by atoms with van der Waals surface area (Å²) in [7, 11) is 0. The van der Waals surface area contributed by atoms with Gasteiger partial charge in [-0.15, -0.1) is 0 Å². The Morgan fingerprint density at radius 3 is 2.25 bits per heavy atom. The minimum atomic E-state index is -0.634. The second-order valence-corrected chi connectivity index (χ2v) is 5.13. The zero-order chi connectivity index (χ0) is 11.9. The van der Waals surface area contributed by atoms with Crippen LogP contribution in [0.25, 0.3) is 0 Å². The molecule has 1 saturated carbocycles. The number of benzene rings is 1. The molecule has 16 heavy (non-hydrogen) atoms. The molecule has 0 atom stereocenters. The fraction of sp³-hybridized carbons (Fsp3) is 0.500. The van der Waals surface area contributed by atoms with E-state index in [9.17, 15) is 9.90 Å². The number of hydrogen-bond donors (Lipinski definition) is 1. The minimum Gasteiger partial charge on any atom is -0.481 e. The Hall–Kier alpha value is -1.31. The van der Waals surface area contributed by atoms with Crippen LogP contribution in [-0.4, -0.2) is 11.1 Å². The molecule has 1 aliphatic carbocycles. The van der Waals surface area contributed by atoms with E-state index in [-0.39, 0.29) is 0 Å². The summed E-state index contributed by atoms with van der Waals surface area (Å²) in [6.45, 7) is 6.24. The highest BCUT2D eigenvalue weighted by molar-refractivity contribution is 5.78. The maximum Gasteiger partial charge on any atom is 0.309 e. The fourth-order valence-electron chi connectivity index (χ4n) is 2.19. The summed E-state index contributed by atoms with van der Waals surface area (Å²) in [4.78, 5) is 11.2. The molecule has 0 bridgehead atoms. The molecule has 2 rings (SSSR count). The number of carbonyl (C=O) groups is 1. The Morgan fingerprint density at radius 1 is 1.19 bits per heavy atom. The number of aryl methyl sites for hydroxylation is 3. The summed E-state index contributed by atoms with van der Waals surface area (Å²) in [5, 5.41) is 9.18. The van der Waals surface area contributed by atoms with E-state index >= 15 is 0 Å². The topological polar surface area (TPSA) is 37.3 Å². The molecule has 1 aliphatic rings. The molecule has 2 nitrogen and oxygen atoms in total. The van der Waals surface area contributed by atoms with Gasteiger partial charge in [0.25, 0.3) is 0 Å². The number of hydrogen-bond acceptors (Lipinski definition) is 1. The summed E-state index contributed by atoms with van der Waals surface area (Å²) in [5.74, 6) is -0.634. The standard InChI is InChI=1S/C14H18O2/c1-9-6-11(3)12(7-10(9)2)8-14(4-5-14)13(15)16/h6-7H,4-5,8H2,1-3H3,(H,15,16). The van der Waals surface area contributed by atoms with Crippen LogP contribution in [0.4, 0.5) is 0 Å². The molecule has 2 heteroatoms. The van der Waals surface area contributed by atoms with Crippen molar-refractivity contribution < 1.29 is 9.90 Å². The quantitative estimate of drug-likeness (QED) is 0.846. The molecule has 86 valence electrons. The van der Waals surface area contributed by atoms with E-state index in [2.05, 4.69) is 32.9 Å². The van der Waals surface area contributed by atoms with E-state index < -0.39 is 11.4 Å². The van der Waals surface area contributed by atoms with Gasteiger partial charge in [0.15, 0.2) is 0 Å². The first kappa shape index (κ1) is 11.2. The molecule has 0 amide bonds. The molecule has 0 aromatic heterocycles. The molecular weight excluding hydrogens is 200 g/mol. The summed E-state index contributed by atoms with van der Waals surface area (Å²) < 4.78 is 0. The normalized spacial score (nSPS) is 17.2. The Bertz CT molecular complexity index is 442. The van der Waals surface area contributed by atoms with Crippen LogP contribution in [0.2, 0.25) is 0 Å². The molecule has 1 aromatic rings. The summed E-state index contributed by atoms with van der Waals surface area (Å²) >= 11 is 0. The molecule has 0 saturated heterocycles. The maximum absolute atomic E-state index is 11.2. The van der Waals surface area contributed by atoms with Gasteiger partial charge in [0, 0.05) is 0 Å². The van der Waals surface area contributed by atoms with E-state index in [1.807, 2.05) is 0 Å². The average Bonchev–Trinajstić information content (AvgIpc) is 2.95. The van der Waals surface area contributed by atoms with Crippen molar-refractivity contribution in [2.75, 3.05) is 0 Å². The van der Waals surface area contributed by atoms with Gasteiger partial charge in [0.05, 0.1) is 5.41 Å². The fourth-order valence-corrected chi connectivity index (χ4v) is 2.19. The van der Waals surface area contributed by atoms with Gasteiger partial charge in [0.1, 0.15) is 0 Å². The number of carboxylic acids is 1. The van der Waals surface area contributed by atoms with Crippen LogP contribution in [0.3, 0.4) is 0 Å². The van der Waals surface area contributed by atoms with Crippen molar-refractivity contribution in [1.29, 1.82) is 0 Å². The molecule has 0 heterocycles. The van der Waals surface area contributed by atoms with E-state index in [0.29, 0.717) is 6.42 Å². The van der Waals surface area contributed by atoms with Gasteiger partial charge in [-0.2, -0.15) is 0 Å². The second-order valence-electron chi connectivity index (χ2n) is 5.13. The van der Waals surface area contributed by atoms with Crippen molar-refractivity contribution in [1.82, 2.24) is 0 Å². The lowest BCUT2D eigenvalue weighted by molar-refractivity contribution is -0.143. The van der Waals surface area contributed by atoms with Gasteiger partial charge in [-0.1, -0.05) is 12.1 Å². The Balaban J connectivity index is 2.29. The first-order valence-corrected chi connectivity index (χ1v) is 5.75. The van der Waals surface area contributed by atoms with Crippen LogP contribution in [0.15, 0.2) is 12.1 Å². The van der Waals surface area contributed by atoms with Crippen molar-refractivity contribution in [3.63, 3.8) is 0 Å². The predicted octanol–water partition coefficient (Wildman–Crippen LogP) is 3.02. The van der Waals surface area contributed by atoms with Crippen molar-refractivity contribution in [2.45, 2.75) is 40.0 Å². The Morgan fingerprint density at radius 2 is 1.75 bits per heavy atom. The molecule has 1 aromatic carbocycles. The largest absolute Gasteiger partial charge is 0.481 e. The Labute approximate surface area is 96.3 Å². The monoisotopic (exact) mass is 218 g/mol. The minimum absolute atomic E-state index is 0.452. The average molecular weight is 218 g/mol. The molecule has 0 spiro atoms. The van der Waals surface area contributed by atoms with Gasteiger partial charge in [0.2, 0.25) is 0 Å². The number of aliphatic carboxylic acids is 1. The zero-order valence-corrected chi connectivity index (χ0v) is 10.1. The highest BCUT2D eigenvalue weighted by Crippen LogP contribution is 2.49. The molecule has 1 N–H and O–H groups in total. The molecule has 0 radical (unpaired) electrons. The number of rotatable bonds is 3. The summed E-state index contributed by atoms with van der Waals surface area (Å²) in [5.41, 5.74) is 4.49.